The Labute approximate surface area is 194 Å². The molecule has 0 aromatic heterocycles. The largest absolute Gasteiger partial charge is 0.481 e. The summed E-state index contributed by atoms with van der Waals surface area (Å²) in [6.07, 6.45) is -1.64. The van der Waals surface area contributed by atoms with E-state index in [4.69, 9.17) is 27.4 Å². The van der Waals surface area contributed by atoms with Gasteiger partial charge in [0.2, 0.25) is 17.7 Å². The van der Waals surface area contributed by atoms with Crippen LogP contribution >= 0.6 is 0 Å². The quantitative estimate of drug-likeness (QED) is 0.0541. The Morgan fingerprint density at radius 3 is 1.62 bits per heavy atom. The number of carboxylic acid groups (broad SMARTS) is 3. The van der Waals surface area contributed by atoms with E-state index < -0.39 is 79.6 Å². The van der Waals surface area contributed by atoms with Crippen molar-refractivity contribution < 1.29 is 44.1 Å². The van der Waals surface area contributed by atoms with Gasteiger partial charge in [0.15, 0.2) is 5.96 Å². The summed E-state index contributed by atoms with van der Waals surface area (Å²) < 4.78 is 0. The molecule has 3 amide bonds. The van der Waals surface area contributed by atoms with Crippen LogP contribution < -0.4 is 33.2 Å². The second kappa shape index (κ2) is 15.8. The van der Waals surface area contributed by atoms with Gasteiger partial charge >= 0.3 is 17.9 Å². The van der Waals surface area contributed by atoms with Crippen molar-refractivity contribution in [2.75, 3.05) is 13.1 Å². The Hall–Kier alpha value is -3.95. The number of amides is 3. The molecule has 16 nitrogen and oxygen atoms in total. The molecule has 0 radical (unpaired) electrons. The SMILES string of the molecule is NCC(=O)NC(CCC(=O)O)C(=O)NC(CCC(=O)O)C(=O)NC(CCCN=C(N)N)C(=O)O. The zero-order valence-corrected chi connectivity index (χ0v) is 18.4. The highest BCUT2D eigenvalue weighted by Gasteiger charge is 2.30. The van der Waals surface area contributed by atoms with Gasteiger partial charge in [0.1, 0.15) is 18.1 Å². The Morgan fingerprint density at radius 1 is 0.735 bits per heavy atom. The van der Waals surface area contributed by atoms with E-state index >= 15 is 0 Å². The molecule has 0 bridgehead atoms. The standard InChI is InChI=1S/C18H31N7O9/c19-8-12(26)23-9(3-5-13(27)28)15(31)24-10(4-6-14(29)30)16(32)25-11(17(33)34)2-1-7-22-18(20)21/h9-11H,1-8,19H2,(H,23,26)(H,24,31)(H,25,32)(H,27,28)(H,29,30)(H,33,34)(H4,20,21,22). The molecule has 3 atom stereocenters. The molecule has 16 heteroatoms. The van der Waals surface area contributed by atoms with Gasteiger partial charge in [-0.05, 0) is 25.7 Å². The number of carboxylic acids is 3. The van der Waals surface area contributed by atoms with Crippen LogP contribution in [0, 0.1) is 0 Å². The van der Waals surface area contributed by atoms with Crippen LogP contribution in [-0.4, -0.2) is 88.1 Å². The summed E-state index contributed by atoms with van der Waals surface area (Å²) in [6, 6.07) is -4.24. The van der Waals surface area contributed by atoms with Crippen LogP contribution in [-0.2, 0) is 28.8 Å². The summed E-state index contributed by atoms with van der Waals surface area (Å²) in [5.41, 5.74) is 15.6. The maximum atomic E-state index is 12.7. The molecule has 3 unspecified atom stereocenters. The van der Waals surface area contributed by atoms with Crippen LogP contribution in [0.5, 0.6) is 0 Å². The van der Waals surface area contributed by atoms with Crippen molar-refractivity contribution in [1.29, 1.82) is 0 Å². The zero-order chi connectivity index (χ0) is 26.3. The summed E-state index contributed by atoms with van der Waals surface area (Å²) in [7, 11) is 0. The number of hydrogen-bond donors (Lipinski definition) is 9. The van der Waals surface area contributed by atoms with E-state index in [2.05, 4.69) is 20.9 Å². The number of aliphatic carboxylic acids is 3. The topological polar surface area (TPSA) is 290 Å². The number of nitrogens with one attached hydrogen (secondary N) is 3. The van der Waals surface area contributed by atoms with Crippen LogP contribution in [0.1, 0.15) is 38.5 Å². The molecule has 0 spiro atoms. The molecule has 0 aromatic carbocycles. The predicted octanol–water partition coefficient (Wildman–Crippen LogP) is -3.73. The van der Waals surface area contributed by atoms with Crippen LogP contribution in [0.25, 0.3) is 0 Å². The molecule has 34 heavy (non-hydrogen) atoms. The van der Waals surface area contributed by atoms with Crippen LogP contribution in [0.4, 0.5) is 0 Å². The second-order valence-electron chi connectivity index (χ2n) is 7.10. The van der Waals surface area contributed by atoms with E-state index in [1.807, 2.05) is 0 Å². The van der Waals surface area contributed by atoms with E-state index in [0.717, 1.165) is 0 Å². The molecule has 0 saturated heterocycles. The number of carbonyl (C=O) groups excluding carboxylic acids is 3. The van der Waals surface area contributed by atoms with Gasteiger partial charge in [-0.3, -0.25) is 29.0 Å². The number of nitrogens with zero attached hydrogens (tertiary/aromatic N) is 1. The fraction of sp³-hybridized carbons (Fsp3) is 0.611. The molecule has 0 aliphatic carbocycles. The first-order valence-corrected chi connectivity index (χ1v) is 10.2. The molecule has 0 saturated carbocycles. The smallest absolute Gasteiger partial charge is 0.326 e. The summed E-state index contributed by atoms with van der Waals surface area (Å²) in [6.45, 7) is -0.382. The third-order valence-corrected chi connectivity index (χ3v) is 4.32. The highest BCUT2D eigenvalue weighted by Crippen LogP contribution is 2.05. The van der Waals surface area contributed by atoms with Crippen LogP contribution in [0.3, 0.4) is 0 Å². The van der Waals surface area contributed by atoms with Crippen molar-refractivity contribution in [1.82, 2.24) is 16.0 Å². The molecule has 12 N–H and O–H groups in total. The Morgan fingerprint density at radius 2 is 1.21 bits per heavy atom. The summed E-state index contributed by atoms with van der Waals surface area (Å²) in [4.78, 5) is 73.9. The van der Waals surface area contributed by atoms with Crippen LogP contribution in [0.2, 0.25) is 0 Å². The number of carbonyl (C=O) groups is 6. The molecule has 0 aliphatic heterocycles. The molecule has 0 aromatic rings. The van der Waals surface area contributed by atoms with Crippen LogP contribution in [0.15, 0.2) is 4.99 Å². The fourth-order valence-corrected chi connectivity index (χ4v) is 2.63. The third kappa shape index (κ3) is 13.5. The van der Waals surface area contributed by atoms with Gasteiger partial charge in [-0.15, -0.1) is 0 Å². The molecule has 192 valence electrons. The molecular formula is C18H31N7O9. The number of aliphatic imine (C=N–C) groups is 1. The minimum atomic E-state index is -1.48. The predicted molar refractivity (Wildman–Crippen MR) is 116 cm³/mol. The minimum absolute atomic E-state index is 0.0642. The highest BCUT2D eigenvalue weighted by atomic mass is 16.4. The van der Waals surface area contributed by atoms with Gasteiger partial charge in [0.05, 0.1) is 6.54 Å². The van der Waals surface area contributed by atoms with Gasteiger partial charge in [0.25, 0.3) is 0 Å². The lowest BCUT2D eigenvalue weighted by atomic mass is 10.1. The zero-order valence-electron chi connectivity index (χ0n) is 18.4. The maximum absolute atomic E-state index is 12.7. The molecule has 0 fully saturated rings. The van der Waals surface area contributed by atoms with Crippen molar-refractivity contribution in [2.45, 2.75) is 56.7 Å². The molecular weight excluding hydrogens is 458 g/mol. The van der Waals surface area contributed by atoms with Crippen molar-refractivity contribution in [3.05, 3.63) is 0 Å². The normalized spacial score (nSPS) is 13.0. The molecule has 0 rings (SSSR count). The summed E-state index contributed by atoms with van der Waals surface area (Å²) in [5, 5.41) is 33.8. The first-order valence-electron chi connectivity index (χ1n) is 10.2. The molecule has 0 aliphatic rings. The summed E-state index contributed by atoms with van der Waals surface area (Å²) >= 11 is 0. The number of nitrogens with two attached hydrogens (primary N) is 3. The molecule has 0 heterocycles. The Balaban J connectivity index is 5.43. The number of guanidine groups is 1. The average molecular weight is 489 g/mol. The van der Waals surface area contributed by atoms with Gasteiger partial charge in [-0.2, -0.15) is 0 Å². The van der Waals surface area contributed by atoms with E-state index in [0.29, 0.717) is 0 Å². The average Bonchev–Trinajstić information content (AvgIpc) is 2.74. The number of hydrogen-bond acceptors (Lipinski definition) is 8. The first kappa shape index (κ1) is 30.0. The lowest BCUT2D eigenvalue weighted by molar-refractivity contribution is -0.143. The van der Waals surface area contributed by atoms with Gasteiger partial charge in [0, 0.05) is 19.4 Å². The second-order valence-corrected chi connectivity index (χ2v) is 7.10. The monoisotopic (exact) mass is 489 g/mol. The lowest BCUT2D eigenvalue weighted by Gasteiger charge is -2.24. The summed E-state index contributed by atoms with van der Waals surface area (Å²) in [5.74, 6) is -6.80. The van der Waals surface area contributed by atoms with E-state index in [1.54, 1.807) is 0 Å². The van der Waals surface area contributed by atoms with Crippen molar-refractivity contribution in [3.63, 3.8) is 0 Å². The van der Waals surface area contributed by atoms with Crippen molar-refractivity contribution in [3.8, 4) is 0 Å². The van der Waals surface area contributed by atoms with E-state index in [1.165, 1.54) is 0 Å². The lowest BCUT2D eigenvalue weighted by Crippen LogP contribution is -2.56. The van der Waals surface area contributed by atoms with E-state index in [9.17, 15) is 33.9 Å². The van der Waals surface area contributed by atoms with Gasteiger partial charge in [-0.25, -0.2) is 4.79 Å². The first-order chi connectivity index (χ1) is 15.9. The van der Waals surface area contributed by atoms with Gasteiger partial charge in [-0.1, -0.05) is 0 Å². The van der Waals surface area contributed by atoms with Crippen molar-refractivity contribution >= 4 is 41.6 Å². The Kier molecular flexibility index (Phi) is 14.0. The van der Waals surface area contributed by atoms with E-state index in [-0.39, 0.29) is 31.8 Å². The maximum Gasteiger partial charge on any atom is 0.326 e. The number of rotatable bonds is 17. The highest BCUT2D eigenvalue weighted by molar-refractivity contribution is 5.94. The Bertz CT molecular complexity index is 784. The fourth-order valence-electron chi connectivity index (χ4n) is 2.63. The minimum Gasteiger partial charge on any atom is -0.481 e. The van der Waals surface area contributed by atoms with Gasteiger partial charge < -0.3 is 48.5 Å². The third-order valence-electron chi connectivity index (χ3n) is 4.32. The van der Waals surface area contributed by atoms with Crippen molar-refractivity contribution in [2.24, 2.45) is 22.2 Å².